The van der Waals surface area contributed by atoms with Crippen LogP contribution in [0, 0.1) is 5.92 Å². The second kappa shape index (κ2) is 7.74. The first-order valence-corrected chi connectivity index (χ1v) is 11.0. The number of amides is 1. The third kappa shape index (κ3) is 5.24. The molecule has 2 atom stereocenters. The number of likely N-dealkylation sites (tertiary alicyclic amines) is 1. The summed E-state index contributed by atoms with van der Waals surface area (Å²) in [6.07, 6.45) is 2.80. The fraction of sp³-hybridized carbons (Fsp3) is 0.850. The summed E-state index contributed by atoms with van der Waals surface area (Å²) >= 11 is 1.90. The van der Waals surface area contributed by atoms with Crippen LogP contribution in [0.5, 0.6) is 0 Å². The van der Waals surface area contributed by atoms with Gasteiger partial charge in [-0.15, -0.1) is 11.8 Å². The molecule has 0 bridgehead atoms. The minimum absolute atomic E-state index is 0.00503. The Morgan fingerprint density at radius 1 is 1.34 bits per heavy atom. The number of fused-ring (bicyclic) bond motifs is 1. The van der Waals surface area contributed by atoms with Gasteiger partial charge in [0.2, 0.25) is 5.91 Å². The number of thioether (sulfide) groups is 1. The number of carbonyl (C=O) groups excluding carboxylic acids is 1. The van der Waals surface area contributed by atoms with Gasteiger partial charge in [0.15, 0.2) is 5.71 Å². The van der Waals surface area contributed by atoms with Gasteiger partial charge >= 0.3 is 5.97 Å². The van der Waals surface area contributed by atoms with Crippen molar-refractivity contribution in [3.63, 3.8) is 0 Å². The molecule has 0 aromatic carbocycles. The Labute approximate surface area is 177 Å². The van der Waals surface area contributed by atoms with E-state index in [-0.39, 0.29) is 32.6 Å². The Hall–Kier alpha value is -1.32. The molecule has 2 fully saturated rings. The summed E-state index contributed by atoms with van der Waals surface area (Å²) in [6, 6.07) is -0.487. The number of aliphatic carboxylic acids is 1. The van der Waals surface area contributed by atoms with Gasteiger partial charge in [0, 0.05) is 41.1 Å². The van der Waals surface area contributed by atoms with Gasteiger partial charge in [0.25, 0.3) is 0 Å². The number of carboxylic acids is 1. The van der Waals surface area contributed by atoms with Gasteiger partial charge in [-0.05, 0) is 47.0 Å². The lowest BCUT2D eigenvalue weighted by molar-refractivity contribution is -0.140. The summed E-state index contributed by atoms with van der Waals surface area (Å²) in [4.78, 5) is 26.5. The second-order valence-corrected chi connectivity index (χ2v) is 12.2. The van der Waals surface area contributed by atoms with E-state index < -0.39 is 12.0 Å². The lowest BCUT2D eigenvalue weighted by Gasteiger charge is -2.39. The van der Waals surface area contributed by atoms with Crippen molar-refractivity contribution in [1.82, 2.24) is 9.91 Å². The quantitative estimate of drug-likeness (QED) is 0.573. The average molecular weight is 427 g/mol. The number of nitrogens with two attached hydrogens (primary N) is 1. The second-order valence-electron chi connectivity index (χ2n) is 9.99. The van der Waals surface area contributed by atoms with Crippen molar-refractivity contribution in [3.8, 4) is 0 Å². The molecule has 3 rings (SSSR count). The Morgan fingerprint density at radius 3 is 2.55 bits per heavy atom. The molecule has 1 aliphatic carbocycles. The molecular weight excluding hydrogens is 392 g/mol. The van der Waals surface area contributed by atoms with Crippen molar-refractivity contribution < 1.29 is 19.4 Å². The van der Waals surface area contributed by atoms with Crippen LogP contribution in [0.3, 0.4) is 0 Å². The normalized spacial score (nSPS) is 26.4. The fourth-order valence-corrected chi connectivity index (χ4v) is 6.09. The van der Waals surface area contributed by atoms with Gasteiger partial charge in [0.05, 0.1) is 13.2 Å². The van der Waals surface area contributed by atoms with E-state index in [1.165, 1.54) is 5.01 Å². The molecule has 3 N–H and O–H groups in total. The number of hydrazone groups is 1. The van der Waals surface area contributed by atoms with Gasteiger partial charge in [-0.1, -0.05) is 0 Å². The highest BCUT2D eigenvalue weighted by atomic mass is 32.2. The van der Waals surface area contributed by atoms with E-state index in [9.17, 15) is 14.7 Å². The first-order valence-electron chi connectivity index (χ1n) is 10.2. The van der Waals surface area contributed by atoms with Crippen LogP contribution < -0.4 is 5.73 Å². The van der Waals surface area contributed by atoms with Gasteiger partial charge in [0.1, 0.15) is 6.04 Å². The van der Waals surface area contributed by atoms with E-state index in [1.54, 1.807) is 7.05 Å². The standard InChI is InChI=1S/C20H34N4O4S/c1-18(2,21)11-28-12-19(3,4)29-20(7-8-20)10-24-9-6-13-14(17(26)27)22-23(5)15(13)16(24)25/h13,15H,6-12,21H2,1-5H3,(H,26,27). The third-order valence-electron chi connectivity index (χ3n) is 5.60. The summed E-state index contributed by atoms with van der Waals surface area (Å²) < 4.78 is 5.83. The Balaban J connectivity index is 1.58. The maximum Gasteiger partial charge on any atom is 0.352 e. The largest absolute Gasteiger partial charge is 0.477 e. The van der Waals surface area contributed by atoms with Crippen LogP contribution in [0.1, 0.15) is 47.0 Å². The van der Waals surface area contributed by atoms with Crippen LogP contribution >= 0.6 is 11.8 Å². The van der Waals surface area contributed by atoms with Gasteiger partial charge < -0.3 is 20.5 Å². The van der Waals surface area contributed by atoms with E-state index >= 15 is 0 Å². The van der Waals surface area contributed by atoms with Crippen molar-refractivity contribution in [2.75, 3.05) is 33.4 Å². The van der Waals surface area contributed by atoms with Gasteiger partial charge in [-0.2, -0.15) is 5.10 Å². The zero-order valence-electron chi connectivity index (χ0n) is 18.1. The molecule has 9 heteroatoms. The molecule has 0 radical (unpaired) electrons. The summed E-state index contributed by atoms with van der Waals surface area (Å²) in [5, 5.41) is 15.0. The molecule has 1 saturated carbocycles. The highest BCUT2D eigenvalue weighted by molar-refractivity contribution is 8.02. The topological polar surface area (TPSA) is 108 Å². The number of hydrogen-bond acceptors (Lipinski definition) is 7. The molecule has 29 heavy (non-hydrogen) atoms. The van der Waals surface area contributed by atoms with Crippen LogP contribution in [0.25, 0.3) is 0 Å². The molecule has 1 amide bonds. The number of piperidine rings is 1. The van der Waals surface area contributed by atoms with Crippen LogP contribution in [0.4, 0.5) is 0 Å². The van der Waals surface area contributed by atoms with Crippen LogP contribution in [-0.4, -0.2) is 87.0 Å². The number of rotatable bonds is 9. The molecule has 3 aliphatic rings. The van der Waals surface area contributed by atoms with Crippen molar-refractivity contribution in [2.24, 2.45) is 16.8 Å². The minimum Gasteiger partial charge on any atom is -0.477 e. The summed E-state index contributed by atoms with van der Waals surface area (Å²) in [7, 11) is 1.69. The molecule has 164 valence electrons. The molecule has 0 spiro atoms. The number of ether oxygens (including phenoxy) is 1. The number of hydrogen-bond donors (Lipinski definition) is 2. The molecule has 2 aliphatic heterocycles. The third-order valence-corrected chi connectivity index (χ3v) is 7.24. The average Bonchev–Trinajstić information content (AvgIpc) is 3.21. The lowest BCUT2D eigenvalue weighted by atomic mass is 9.87. The van der Waals surface area contributed by atoms with E-state index in [0.717, 1.165) is 12.8 Å². The zero-order valence-corrected chi connectivity index (χ0v) is 18.9. The zero-order chi connectivity index (χ0) is 21.6. The summed E-state index contributed by atoms with van der Waals surface area (Å²) in [6.45, 7) is 10.6. The van der Waals surface area contributed by atoms with Gasteiger partial charge in [-0.3, -0.25) is 9.80 Å². The number of likely N-dealkylation sites (N-methyl/N-ethyl adjacent to an activating group) is 1. The first kappa shape index (κ1) is 22.4. The van der Waals surface area contributed by atoms with Gasteiger partial charge in [-0.25, -0.2) is 4.79 Å². The SMILES string of the molecule is CN1N=C(C(=O)O)C2CCN(CC3(SC(C)(C)COCC(C)(C)N)CC3)C(=O)C21. The van der Waals surface area contributed by atoms with Crippen molar-refractivity contribution in [2.45, 2.75) is 68.0 Å². The minimum atomic E-state index is -1.03. The molecular formula is C20H34N4O4S. The van der Waals surface area contributed by atoms with E-state index in [1.807, 2.05) is 30.5 Å². The van der Waals surface area contributed by atoms with E-state index in [2.05, 4.69) is 18.9 Å². The monoisotopic (exact) mass is 426 g/mol. The lowest BCUT2D eigenvalue weighted by Crippen LogP contribution is -2.55. The van der Waals surface area contributed by atoms with E-state index in [4.69, 9.17) is 10.5 Å². The number of carbonyl (C=O) groups is 2. The number of carboxylic acid groups (broad SMARTS) is 1. The van der Waals surface area contributed by atoms with Crippen molar-refractivity contribution in [1.29, 1.82) is 0 Å². The first-order chi connectivity index (χ1) is 13.3. The Morgan fingerprint density at radius 2 is 2.00 bits per heavy atom. The molecule has 0 aromatic rings. The number of nitrogens with zero attached hydrogens (tertiary/aromatic N) is 3. The van der Waals surface area contributed by atoms with Crippen LogP contribution in [-0.2, 0) is 14.3 Å². The highest BCUT2D eigenvalue weighted by Crippen LogP contribution is 2.54. The molecule has 1 saturated heterocycles. The Bertz CT molecular complexity index is 699. The molecule has 8 nitrogen and oxygen atoms in total. The summed E-state index contributed by atoms with van der Waals surface area (Å²) in [5.74, 6) is -1.34. The van der Waals surface area contributed by atoms with Crippen molar-refractivity contribution in [3.05, 3.63) is 0 Å². The maximum absolute atomic E-state index is 13.1. The fourth-order valence-electron chi connectivity index (χ4n) is 4.25. The Kier molecular flexibility index (Phi) is 5.97. The van der Waals surface area contributed by atoms with Crippen molar-refractivity contribution >= 4 is 29.4 Å². The molecule has 2 unspecified atom stereocenters. The maximum atomic E-state index is 13.1. The predicted molar refractivity (Wildman–Crippen MR) is 114 cm³/mol. The van der Waals surface area contributed by atoms with Crippen LogP contribution in [0.15, 0.2) is 5.10 Å². The molecule has 0 aromatic heterocycles. The smallest absolute Gasteiger partial charge is 0.352 e. The van der Waals surface area contributed by atoms with E-state index in [0.29, 0.717) is 32.7 Å². The van der Waals surface area contributed by atoms with Crippen LogP contribution in [0.2, 0.25) is 0 Å². The molecule has 2 heterocycles. The highest BCUT2D eigenvalue weighted by Gasteiger charge is 2.53. The predicted octanol–water partition coefficient (Wildman–Crippen LogP) is 1.39. The summed E-state index contributed by atoms with van der Waals surface area (Å²) in [5.41, 5.74) is 5.76.